The molecule has 0 N–H and O–H groups in total. The highest BCUT2D eigenvalue weighted by molar-refractivity contribution is 6.03. The molecule has 0 aromatic heterocycles. The largest absolute Gasteiger partial charge is 0.489 e. The van der Waals surface area contributed by atoms with Gasteiger partial charge < -0.3 is 14.5 Å². The number of carbonyl (C=O) groups is 2. The first kappa shape index (κ1) is 17.7. The Hall–Kier alpha value is -3.08. The lowest BCUT2D eigenvalue weighted by atomic mass is 10.1. The van der Waals surface area contributed by atoms with Gasteiger partial charge in [-0.15, -0.1) is 0 Å². The van der Waals surface area contributed by atoms with E-state index in [0.29, 0.717) is 31.0 Å². The Morgan fingerprint density at radius 3 is 2.62 bits per heavy atom. The summed E-state index contributed by atoms with van der Waals surface area (Å²) in [4.78, 5) is 28.9. The van der Waals surface area contributed by atoms with E-state index in [1.807, 2.05) is 37.3 Å². The van der Waals surface area contributed by atoms with Crippen LogP contribution in [-0.4, -0.2) is 43.0 Å². The Morgan fingerprint density at radius 1 is 1.15 bits per heavy atom. The maximum atomic E-state index is 12.9. The molecule has 2 aromatic carbocycles. The van der Waals surface area contributed by atoms with Gasteiger partial charge in [0.15, 0.2) is 0 Å². The van der Waals surface area contributed by atoms with Crippen LogP contribution in [-0.2, 0) is 4.79 Å². The van der Waals surface area contributed by atoms with Crippen molar-refractivity contribution >= 4 is 17.5 Å². The molecule has 2 aromatic rings. The molecule has 0 aliphatic carbocycles. The fourth-order valence-corrected chi connectivity index (χ4v) is 3.06. The highest BCUT2D eigenvalue weighted by Gasteiger charge is 2.30. The molecule has 0 bridgehead atoms. The number of amides is 2. The monoisotopic (exact) mass is 350 g/mol. The van der Waals surface area contributed by atoms with Crippen molar-refractivity contribution in [3.63, 3.8) is 0 Å². The Morgan fingerprint density at radius 2 is 1.88 bits per heavy atom. The van der Waals surface area contributed by atoms with Crippen LogP contribution in [0.5, 0.6) is 5.75 Å². The molecule has 134 valence electrons. The molecule has 1 aliphatic heterocycles. The molecule has 0 unspecified atom stereocenters. The molecule has 0 spiro atoms. The number of hydrogen-bond acceptors (Lipinski definition) is 3. The lowest BCUT2D eigenvalue weighted by Crippen LogP contribution is -2.52. The van der Waals surface area contributed by atoms with Gasteiger partial charge in [0.2, 0.25) is 5.91 Å². The van der Waals surface area contributed by atoms with Crippen molar-refractivity contribution in [2.75, 3.05) is 31.1 Å². The minimum absolute atomic E-state index is 0.0585. The number of rotatable bonds is 5. The third-order valence-corrected chi connectivity index (χ3v) is 4.39. The standard InChI is InChI=1S/C21H22N2O3/c1-3-14-26-19-11-7-5-9-17(19)21(25)22-12-13-23(20(24)15-22)18-10-6-4-8-16(18)2/h3-11H,1,12-15H2,2H3. The number of aryl methyl sites for hydroxylation is 1. The second-order valence-corrected chi connectivity index (χ2v) is 6.15. The third-order valence-electron chi connectivity index (χ3n) is 4.39. The van der Waals surface area contributed by atoms with E-state index in [9.17, 15) is 9.59 Å². The van der Waals surface area contributed by atoms with Gasteiger partial charge in [-0.05, 0) is 30.7 Å². The number of nitrogens with zero attached hydrogens (tertiary/aromatic N) is 2. The fourth-order valence-electron chi connectivity index (χ4n) is 3.06. The molecule has 1 heterocycles. The first-order valence-electron chi connectivity index (χ1n) is 8.60. The molecule has 2 amide bonds. The van der Waals surface area contributed by atoms with Crippen molar-refractivity contribution in [1.29, 1.82) is 0 Å². The average molecular weight is 350 g/mol. The van der Waals surface area contributed by atoms with Gasteiger partial charge in [-0.3, -0.25) is 9.59 Å². The summed E-state index contributed by atoms with van der Waals surface area (Å²) in [6.45, 7) is 6.94. The van der Waals surface area contributed by atoms with Crippen molar-refractivity contribution in [3.8, 4) is 5.75 Å². The van der Waals surface area contributed by atoms with Gasteiger partial charge >= 0.3 is 0 Å². The summed E-state index contributed by atoms with van der Waals surface area (Å²) in [6, 6.07) is 14.9. The van der Waals surface area contributed by atoms with Gasteiger partial charge in [0, 0.05) is 18.8 Å². The summed E-state index contributed by atoms with van der Waals surface area (Å²) in [6.07, 6.45) is 1.63. The molecule has 1 fully saturated rings. The van der Waals surface area contributed by atoms with Crippen molar-refractivity contribution < 1.29 is 14.3 Å². The first-order valence-corrected chi connectivity index (χ1v) is 8.60. The van der Waals surface area contributed by atoms with Crippen LogP contribution in [0.1, 0.15) is 15.9 Å². The second-order valence-electron chi connectivity index (χ2n) is 6.15. The van der Waals surface area contributed by atoms with Gasteiger partial charge in [0.1, 0.15) is 18.9 Å². The van der Waals surface area contributed by atoms with E-state index in [1.54, 1.807) is 34.1 Å². The molecule has 3 rings (SSSR count). The summed E-state index contributed by atoms with van der Waals surface area (Å²) >= 11 is 0. The number of hydrogen-bond donors (Lipinski definition) is 0. The Balaban J connectivity index is 1.75. The SMILES string of the molecule is C=CCOc1ccccc1C(=O)N1CCN(c2ccccc2C)C(=O)C1. The van der Waals surface area contributed by atoms with E-state index >= 15 is 0 Å². The zero-order valence-electron chi connectivity index (χ0n) is 14.9. The molecular weight excluding hydrogens is 328 g/mol. The average Bonchev–Trinajstić information content (AvgIpc) is 2.66. The van der Waals surface area contributed by atoms with Crippen LogP contribution in [0.2, 0.25) is 0 Å². The van der Waals surface area contributed by atoms with Crippen molar-refractivity contribution in [3.05, 3.63) is 72.3 Å². The maximum absolute atomic E-state index is 12.9. The van der Waals surface area contributed by atoms with Crippen LogP contribution in [0.25, 0.3) is 0 Å². The summed E-state index contributed by atoms with van der Waals surface area (Å²) in [5.41, 5.74) is 2.41. The van der Waals surface area contributed by atoms with Crippen molar-refractivity contribution in [2.45, 2.75) is 6.92 Å². The highest BCUT2D eigenvalue weighted by Crippen LogP contribution is 2.24. The van der Waals surface area contributed by atoms with E-state index in [-0.39, 0.29) is 18.4 Å². The molecule has 26 heavy (non-hydrogen) atoms. The zero-order chi connectivity index (χ0) is 18.5. The van der Waals surface area contributed by atoms with Gasteiger partial charge in [-0.25, -0.2) is 0 Å². The molecule has 0 saturated carbocycles. The quantitative estimate of drug-likeness (QED) is 0.779. The summed E-state index contributed by atoms with van der Waals surface area (Å²) < 4.78 is 5.57. The summed E-state index contributed by atoms with van der Waals surface area (Å²) in [5.74, 6) is 0.233. The topological polar surface area (TPSA) is 49.9 Å². The highest BCUT2D eigenvalue weighted by atomic mass is 16.5. The first-order chi connectivity index (χ1) is 12.6. The van der Waals surface area contributed by atoms with Crippen molar-refractivity contribution in [1.82, 2.24) is 4.90 Å². The predicted molar refractivity (Wildman–Crippen MR) is 102 cm³/mol. The Kier molecular flexibility index (Phi) is 5.37. The molecule has 0 radical (unpaired) electrons. The van der Waals surface area contributed by atoms with Crippen LogP contribution in [0.4, 0.5) is 5.69 Å². The molecule has 1 aliphatic rings. The minimum Gasteiger partial charge on any atom is -0.489 e. The number of para-hydroxylation sites is 2. The van der Waals surface area contributed by atoms with Crippen LogP contribution >= 0.6 is 0 Å². The Labute approximate surface area is 153 Å². The number of anilines is 1. The van der Waals surface area contributed by atoms with Gasteiger partial charge in [-0.1, -0.05) is 43.0 Å². The molecule has 0 atom stereocenters. The van der Waals surface area contributed by atoms with Crippen LogP contribution in [0.15, 0.2) is 61.2 Å². The zero-order valence-corrected chi connectivity index (χ0v) is 14.9. The maximum Gasteiger partial charge on any atom is 0.258 e. The van der Waals surface area contributed by atoms with Crippen molar-refractivity contribution in [2.24, 2.45) is 0 Å². The fraction of sp³-hybridized carbons (Fsp3) is 0.238. The minimum atomic E-state index is -0.192. The molecule has 5 nitrogen and oxygen atoms in total. The van der Waals surface area contributed by atoms with Crippen LogP contribution in [0, 0.1) is 6.92 Å². The molecule has 5 heteroatoms. The third kappa shape index (κ3) is 3.61. The number of piperazine rings is 1. The van der Waals surface area contributed by atoms with E-state index in [0.717, 1.165) is 11.3 Å². The van der Waals surface area contributed by atoms with Gasteiger partial charge in [0.25, 0.3) is 5.91 Å². The van der Waals surface area contributed by atoms with E-state index in [2.05, 4.69) is 6.58 Å². The van der Waals surface area contributed by atoms with Crippen LogP contribution < -0.4 is 9.64 Å². The summed E-state index contributed by atoms with van der Waals surface area (Å²) in [7, 11) is 0. The normalized spacial score (nSPS) is 14.3. The number of ether oxygens (including phenoxy) is 1. The van der Waals surface area contributed by atoms with Gasteiger partial charge in [0.05, 0.1) is 5.56 Å². The van der Waals surface area contributed by atoms with E-state index < -0.39 is 0 Å². The number of benzene rings is 2. The number of carbonyl (C=O) groups excluding carboxylic acids is 2. The predicted octanol–water partition coefficient (Wildman–Crippen LogP) is 3.05. The smallest absolute Gasteiger partial charge is 0.258 e. The van der Waals surface area contributed by atoms with E-state index in [4.69, 9.17) is 4.74 Å². The molecule has 1 saturated heterocycles. The van der Waals surface area contributed by atoms with E-state index in [1.165, 1.54) is 0 Å². The summed E-state index contributed by atoms with van der Waals surface area (Å²) in [5, 5.41) is 0. The molecular formula is C21H22N2O3. The second kappa shape index (κ2) is 7.87. The lowest BCUT2D eigenvalue weighted by Gasteiger charge is -2.35. The lowest BCUT2D eigenvalue weighted by molar-refractivity contribution is -0.120. The van der Waals surface area contributed by atoms with Crippen LogP contribution in [0.3, 0.4) is 0 Å². The van der Waals surface area contributed by atoms with Gasteiger partial charge in [-0.2, -0.15) is 0 Å². The Bertz CT molecular complexity index is 832.